The van der Waals surface area contributed by atoms with Crippen molar-refractivity contribution in [2.75, 3.05) is 5.75 Å². The molecule has 0 aromatic heterocycles. The van der Waals surface area contributed by atoms with Crippen LogP contribution in [0.4, 0.5) is 0 Å². The van der Waals surface area contributed by atoms with Gasteiger partial charge in [0.25, 0.3) is 0 Å². The molecule has 0 aromatic carbocycles. The van der Waals surface area contributed by atoms with Gasteiger partial charge in [-0.15, -0.1) is 0 Å². The molecule has 0 spiro atoms. The highest BCUT2D eigenvalue weighted by molar-refractivity contribution is 7.97. The lowest BCUT2D eigenvalue weighted by atomic mass is 10.1. The van der Waals surface area contributed by atoms with Crippen LogP contribution < -0.4 is 10.3 Å². The van der Waals surface area contributed by atoms with Gasteiger partial charge in [0, 0.05) is 11.3 Å². The molecule has 1 rings (SSSR count). The third-order valence-electron chi connectivity index (χ3n) is 0.895. The molecule has 7 heavy (non-hydrogen) atoms. The van der Waals surface area contributed by atoms with Gasteiger partial charge in [0.2, 0.25) is 0 Å². The van der Waals surface area contributed by atoms with E-state index in [4.69, 9.17) is 0 Å². The molecular weight excluding hydrogens is 108 g/mol. The molecule has 1 aliphatic rings. The van der Waals surface area contributed by atoms with Gasteiger partial charge in [0.15, 0.2) is 0 Å². The standard InChI is InChI=1S/C4H10N2S/c1-4(2)3-7-6-5-4/h5-6H,3H2,1-2H3. The van der Waals surface area contributed by atoms with Crippen LogP contribution in [0.25, 0.3) is 0 Å². The number of hydrogen-bond acceptors (Lipinski definition) is 3. The molecule has 42 valence electrons. The van der Waals surface area contributed by atoms with Crippen LogP contribution in [0.15, 0.2) is 0 Å². The Morgan fingerprint density at radius 3 is 2.43 bits per heavy atom. The average Bonchev–Trinajstić information content (AvgIpc) is 1.84. The van der Waals surface area contributed by atoms with E-state index in [0.717, 1.165) is 5.75 Å². The minimum Gasteiger partial charge on any atom is -0.242 e. The lowest BCUT2D eigenvalue weighted by molar-refractivity contribution is 0.450. The van der Waals surface area contributed by atoms with Crippen molar-refractivity contribution in [1.29, 1.82) is 0 Å². The normalized spacial score (nSPS) is 28.3. The van der Waals surface area contributed by atoms with E-state index in [0.29, 0.717) is 5.54 Å². The zero-order valence-electron chi connectivity index (χ0n) is 4.62. The molecule has 1 heterocycles. The van der Waals surface area contributed by atoms with Crippen LogP contribution >= 0.6 is 11.9 Å². The lowest BCUT2D eigenvalue weighted by Crippen LogP contribution is -2.38. The van der Waals surface area contributed by atoms with E-state index in [1.807, 2.05) is 0 Å². The summed E-state index contributed by atoms with van der Waals surface area (Å²) in [5.74, 6) is 1.15. The van der Waals surface area contributed by atoms with Gasteiger partial charge in [0.1, 0.15) is 0 Å². The Morgan fingerprint density at radius 1 is 1.57 bits per heavy atom. The highest BCUT2D eigenvalue weighted by Gasteiger charge is 2.21. The third-order valence-corrected chi connectivity index (χ3v) is 2.01. The smallest absolute Gasteiger partial charge is 0.0379 e. The Labute approximate surface area is 48.2 Å². The number of hydrogen-bond donors (Lipinski definition) is 2. The minimum atomic E-state index is 0.296. The van der Waals surface area contributed by atoms with E-state index in [1.165, 1.54) is 0 Å². The molecule has 0 saturated carbocycles. The first-order chi connectivity index (χ1) is 3.21. The summed E-state index contributed by atoms with van der Waals surface area (Å²) in [5, 5.41) is 0. The van der Waals surface area contributed by atoms with Crippen LogP contribution in [0, 0.1) is 0 Å². The van der Waals surface area contributed by atoms with Gasteiger partial charge in [-0.3, -0.25) is 0 Å². The Morgan fingerprint density at radius 2 is 2.29 bits per heavy atom. The summed E-state index contributed by atoms with van der Waals surface area (Å²) in [7, 11) is 0. The summed E-state index contributed by atoms with van der Waals surface area (Å²) >= 11 is 1.72. The van der Waals surface area contributed by atoms with Crippen LogP contribution in [-0.4, -0.2) is 11.3 Å². The summed E-state index contributed by atoms with van der Waals surface area (Å²) in [6.07, 6.45) is 0. The van der Waals surface area contributed by atoms with Gasteiger partial charge >= 0.3 is 0 Å². The Hall–Kier alpha value is 0.270. The van der Waals surface area contributed by atoms with Crippen molar-refractivity contribution in [2.45, 2.75) is 19.4 Å². The molecule has 0 amide bonds. The summed E-state index contributed by atoms with van der Waals surface area (Å²) < 4.78 is 0. The van der Waals surface area contributed by atoms with Crippen LogP contribution in [0.1, 0.15) is 13.8 Å². The van der Waals surface area contributed by atoms with E-state index in [9.17, 15) is 0 Å². The fourth-order valence-corrected chi connectivity index (χ4v) is 1.28. The molecule has 0 unspecified atom stereocenters. The van der Waals surface area contributed by atoms with Crippen molar-refractivity contribution in [1.82, 2.24) is 10.3 Å². The number of hydrazine groups is 1. The number of nitrogens with one attached hydrogen (secondary N) is 2. The van der Waals surface area contributed by atoms with Gasteiger partial charge in [-0.1, -0.05) is 11.9 Å². The molecule has 0 radical (unpaired) electrons. The SMILES string of the molecule is CC1(C)CSNN1. The third kappa shape index (κ3) is 1.33. The first-order valence-corrected chi connectivity index (χ1v) is 3.33. The predicted octanol–water partition coefficient (Wildman–Crippen LogP) is 0.521. The molecule has 1 saturated heterocycles. The zero-order valence-corrected chi connectivity index (χ0v) is 5.43. The van der Waals surface area contributed by atoms with Crippen molar-refractivity contribution in [3.63, 3.8) is 0 Å². The molecule has 0 bridgehead atoms. The van der Waals surface area contributed by atoms with E-state index in [2.05, 4.69) is 24.1 Å². The van der Waals surface area contributed by atoms with Gasteiger partial charge in [0.05, 0.1) is 0 Å². The summed E-state index contributed by atoms with van der Waals surface area (Å²) in [6, 6.07) is 0. The quantitative estimate of drug-likeness (QED) is 0.453. The molecule has 2 N–H and O–H groups in total. The van der Waals surface area contributed by atoms with Gasteiger partial charge < -0.3 is 0 Å². The second-order valence-electron chi connectivity index (χ2n) is 2.40. The van der Waals surface area contributed by atoms with Crippen LogP contribution in [-0.2, 0) is 0 Å². The Kier molecular flexibility index (Phi) is 1.28. The molecule has 1 aliphatic heterocycles. The monoisotopic (exact) mass is 118 g/mol. The van der Waals surface area contributed by atoms with E-state index < -0.39 is 0 Å². The molecule has 1 fully saturated rings. The summed E-state index contributed by atoms with van der Waals surface area (Å²) in [4.78, 5) is 2.98. The minimum absolute atomic E-state index is 0.296. The topological polar surface area (TPSA) is 24.1 Å². The van der Waals surface area contributed by atoms with Gasteiger partial charge in [-0.2, -0.15) is 0 Å². The van der Waals surface area contributed by atoms with Crippen molar-refractivity contribution in [3.8, 4) is 0 Å². The van der Waals surface area contributed by atoms with Crippen molar-refractivity contribution in [2.24, 2.45) is 0 Å². The van der Waals surface area contributed by atoms with Crippen LogP contribution in [0.5, 0.6) is 0 Å². The predicted molar refractivity (Wildman–Crippen MR) is 32.8 cm³/mol. The molecular formula is C4H10N2S. The molecule has 0 aliphatic carbocycles. The molecule has 2 nitrogen and oxygen atoms in total. The fraction of sp³-hybridized carbons (Fsp3) is 1.00. The Bertz CT molecular complexity index is 64.1. The lowest BCUT2D eigenvalue weighted by Gasteiger charge is -2.13. The van der Waals surface area contributed by atoms with Crippen LogP contribution in [0.2, 0.25) is 0 Å². The molecule has 0 aromatic rings. The first-order valence-electron chi connectivity index (χ1n) is 2.35. The zero-order chi connectivity index (χ0) is 5.33. The second-order valence-corrected chi connectivity index (χ2v) is 3.18. The summed E-state index contributed by atoms with van der Waals surface area (Å²) in [5.41, 5.74) is 3.41. The number of rotatable bonds is 0. The van der Waals surface area contributed by atoms with E-state index >= 15 is 0 Å². The van der Waals surface area contributed by atoms with Gasteiger partial charge in [-0.05, 0) is 13.8 Å². The van der Waals surface area contributed by atoms with Crippen molar-refractivity contribution in [3.05, 3.63) is 0 Å². The largest absolute Gasteiger partial charge is 0.242 e. The summed E-state index contributed by atoms with van der Waals surface area (Å²) in [6.45, 7) is 4.33. The highest BCUT2D eigenvalue weighted by Crippen LogP contribution is 2.13. The fourth-order valence-electron chi connectivity index (χ4n) is 0.427. The van der Waals surface area contributed by atoms with Gasteiger partial charge in [-0.25, -0.2) is 10.3 Å². The highest BCUT2D eigenvalue weighted by atomic mass is 32.2. The maximum atomic E-state index is 3.11. The Balaban J connectivity index is 2.40. The van der Waals surface area contributed by atoms with Crippen molar-refractivity contribution < 1.29 is 0 Å². The average molecular weight is 118 g/mol. The van der Waals surface area contributed by atoms with Crippen LogP contribution in [0.3, 0.4) is 0 Å². The van der Waals surface area contributed by atoms with E-state index in [-0.39, 0.29) is 0 Å². The maximum Gasteiger partial charge on any atom is 0.0379 e. The maximum absolute atomic E-state index is 3.11. The van der Waals surface area contributed by atoms with E-state index in [1.54, 1.807) is 11.9 Å². The molecule has 0 atom stereocenters. The second kappa shape index (κ2) is 1.65. The van der Waals surface area contributed by atoms with Crippen molar-refractivity contribution >= 4 is 11.9 Å². The molecule has 3 heteroatoms. The first kappa shape index (κ1) is 5.41.